The van der Waals surface area contributed by atoms with Gasteiger partial charge in [-0.05, 0) is 49.9 Å². The molecule has 2 aliphatic heterocycles. The molecule has 2 aliphatic rings. The molecule has 1 unspecified atom stereocenters. The summed E-state index contributed by atoms with van der Waals surface area (Å²) in [5.74, 6) is -0.610. The number of nitrogen functional groups attached to an aromatic ring is 1. The Morgan fingerprint density at radius 3 is 2.47 bits per heavy atom. The minimum Gasteiger partial charge on any atom is -0.396 e. The lowest BCUT2D eigenvalue weighted by Crippen LogP contribution is -2.49. The molecule has 4 rings (SSSR count). The largest absolute Gasteiger partial charge is 0.396 e. The molecule has 9 nitrogen and oxygen atoms in total. The van der Waals surface area contributed by atoms with Crippen molar-refractivity contribution in [3.05, 3.63) is 47.8 Å². The highest BCUT2D eigenvalue weighted by Crippen LogP contribution is 2.31. The number of nitrogens with zero attached hydrogens (tertiary/aromatic N) is 3. The molecule has 0 aromatic heterocycles. The normalized spacial score (nSPS) is 19.0. The zero-order chi connectivity index (χ0) is 24.5. The molecule has 0 spiro atoms. The van der Waals surface area contributed by atoms with Crippen LogP contribution in [0.25, 0.3) is 0 Å². The van der Waals surface area contributed by atoms with Crippen LogP contribution in [0.15, 0.2) is 41.3 Å². The van der Waals surface area contributed by atoms with E-state index in [0.29, 0.717) is 56.2 Å². The molecule has 11 heteroatoms. The Kier molecular flexibility index (Phi) is 6.96. The van der Waals surface area contributed by atoms with Crippen LogP contribution < -0.4 is 20.3 Å². The van der Waals surface area contributed by atoms with Crippen LogP contribution in [-0.2, 0) is 10.0 Å². The number of sulfonamides is 1. The fourth-order valence-electron chi connectivity index (χ4n) is 4.50. The number of rotatable bonds is 6. The van der Waals surface area contributed by atoms with Gasteiger partial charge in [0.05, 0.1) is 16.1 Å². The maximum atomic E-state index is 13.9. The molecule has 2 aromatic carbocycles. The smallest absolute Gasteiger partial charge is 0.256 e. The van der Waals surface area contributed by atoms with Gasteiger partial charge in [-0.2, -0.15) is 0 Å². The third-order valence-corrected chi connectivity index (χ3v) is 7.99. The fraction of sp³-hybridized carbons (Fsp3) is 0.435. The van der Waals surface area contributed by atoms with Crippen molar-refractivity contribution in [2.75, 3.05) is 68.5 Å². The number of nitrogens with one attached hydrogen (secondary N) is 1. The quantitative estimate of drug-likeness (QED) is 0.518. The molecule has 0 aliphatic carbocycles. The number of carbonyl (C=O) groups excluding carboxylic acids is 1. The van der Waals surface area contributed by atoms with Gasteiger partial charge >= 0.3 is 0 Å². The first-order valence-corrected chi connectivity index (χ1v) is 12.7. The Morgan fingerprint density at radius 1 is 1.12 bits per heavy atom. The molecule has 1 atom stereocenters. The second-order valence-electron chi connectivity index (χ2n) is 8.65. The molecular formula is C23H30FN5O4S. The van der Waals surface area contributed by atoms with E-state index in [4.69, 9.17) is 5.73 Å². The number of halogens is 1. The summed E-state index contributed by atoms with van der Waals surface area (Å²) in [6.07, 6.45) is 0.803. The lowest BCUT2D eigenvalue weighted by Gasteiger charge is -2.37. The van der Waals surface area contributed by atoms with E-state index in [1.165, 1.54) is 31.3 Å². The standard InChI is InChI=1S/C23H30FN5O4S/c1-26-34(32,33)18-3-5-22(29-7-6-16(14-29)15-30)19(13-18)23(31)28-10-8-27(9-11-28)17-2-4-21(25)20(24)12-17/h2-5,12-13,16,26,30H,6-11,14-15,25H2,1H3. The highest BCUT2D eigenvalue weighted by atomic mass is 32.2. The number of carbonyl (C=O) groups is 1. The predicted molar refractivity (Wildman–Crippen MR) is 129 cm³/mol. The van der Waals surface area contributed by atoms with Crippen molar-refractivity contribution in [1.29, 1.82) is 0 Å². The monoisotopic (exact) mass is 491 g/mol. The number of hydrogen-bond donors (Lipinski definition) is 3. The first-order chi connectivity index (χ1) is 16.2. The van der Waals surface area contributed by atoms with Crippen LogP contribution in [0, 0.1) is 11.7 Å². The van der Waals surface area contributed by atoms with Crippen LogP contribution in [0.2, 0.25) is 0 Å². The number of amides is 1. The van der Waals surface area contributed by atoms with Crippen LogP contribution in [-0.4, -0.2) is 77.3 Å². The van der Waals surface area contributed by atoms with E-state index in [0.717, 1.165) is 6.42 Å². The number of aliphatic hydroxyl groups is 1. The van der Waals surface area contributed by atoms with Crippen LogP contribution in [0.1, 0.15) is 16.8 Å². The first kappa shape index (κ1) is 24.2. The molecule has 34 heavy (non-hydrogen) atoms. The topological polar surface area (TPSA) is 119 Å². The average Bonchev–Trinajstić information content (AvgIpc) is 3.34. The van der Waals surface area contributed by atoms with E-state index in [9.17, 15) is 22.7 Å². The molecule has 4 N–H and O–H groups in total. The van der Waals surface area contributed by atoms with Gasteiger partial charge in [0.25, 0.3) is 5.91 Å². The molecule has 0 bridgehead atoms. The van der Waals surface area contributed by atoms with E-state index in [-0.39, 0.29) is 29.0 Å². The Morgan fingerprint density at radius 2 is 1.85 bits per heavy atom. The second kappa shape index (κ2) is 9.77. The number of nitrogens with two attached hydrogens (primary N) is 1. The van der Waals surface area contributed by atoms with Gasteiger partial charge in [0.1, 0.15) is 5.82 Å². The Balaban J connectivity index is 1.57. The summed E-state index contributed by atoms with van der Waals surface area (Å²) in [7, 11) is -2.40. The van der Waals surface area contributed by atoms with E-state index >= 15 is 0 Å². The van der Waals surface area contributed by atoms with E-state index < -0.39 is 15.8 Å². The second-order valence-corrected chi connectivity index (χ2v) is 10.5. The number of benzene rings is 2. The van der Waals surface area contributed by atoms with Gasteiger partial charge in [-0.25, -0.2) is 17.5 Å². The van der Waals surface area contributed by atoms with Crippen LogP contribution in [0.4, 0.5) is 21.5 Å². The first-order valence-electron chi connectivity index (χ1n) is 11.3. The van der Waals surface area contributed by atoms with Gasteiger partial charge in [0, 0.05) is 63.2 Å². The minimum atomic E-state index is -3.73. The molecule has 2 saturated heterocycles. The molecule has 0 radical (unpaired) electrons. The number of anilines is 3. The Hall–Kier alpha value is -2.89. The SMILES string of the molecule is CNS(=O)(=O)c1ccc(N2CCC(CO)C2)c(C(=O)N2CCN(c3ccc(N)c(F)c3)CC2)c1. The summed E-state index contributed by atoms with van der Waals surface area (Å²) in [4.78, 5) is 19.3. The van der Waals surface area contributed by atoms with E-state index in [2.05, 4.69) is 4.72 Å². The van der Waals surface area contributed by atoms with Crippen molar-refractivity contribution in [2.24, 2.45) is 5.92 Å². The van der Waals surface area contributed by atoms with Gasteiger partial charge in [-0.1, -0.05) is 0 Å². The van der Waals surface area contributed by atoms with Gasteiger partial charge < -0.3 is 25.5 Å². The third kappa shape index (κ3) is 4.82. The zero-order valence-electron chi connectivity index (χ0n) is 19.1. The minimum absolute atomic E-state index is 0.0241. The lowest BCUT2D eigenvalue weighted by atomic mass is 10.1. The molecule has 2 fully saturated rings. The zero-order valence-corrected chi connectivity index (χ0v) is 19.9. The van der Waals surface area contributed by atoms with Crippen molar-refractivity contribution in [3.8, 4) is 0 Å². The number of aliphatic hydroxyl groups excluding tert-OH is 1. The van der Waals surface area contributed by atoms with Gasteiger partial charge in [0.15, 0.2) is 0 Å². The summed E-state index contributed by atoms with van der Waals surface area (Å²) >= 11 is 0. The molecule has 2 heterocycles. The molecule has 184 valence electrons. The molecule has 1 amide bonds. The van der Waals surface area contributed by atoms with Crippen LogP contribution in [0.5, 0.6) is 0 Å². The molecule has 2 aromatic rings. The summed E-state index contributed by atoms with van der Waals surface area (Å²) in [5, 5.41) is 9.52. The van der Waals surface area contributed by atoms with E-state index in [1.807, 2.05) is 9.80 Å². The van der Waals surface area contributed by atoms with Crippen molar-refractivity contribution in [2.45, 2.75) is 11.3 Å². The summed E-state index contributed by atoms with van der Waals surface area (Å²) < 4.78 is 41.0. The highest BCUT2D eigenvalue weighted by Gasteiger charge is 2.30. The van der Waals surface area contributed by atoms with Crippen molar-refractivity contribution < 1.29 is 22.7 Å². The van der Waals surface area contributed by atoms with E-state index in [1.54, 1.807) is 17.0 Å². The van der Waals surface area contributed by atoms with Gasteiger partial charge in [0.2, 0.25) is 10.0 Å². The van der Waals surface area contributed by atoms with Gasteiger partial charge in [-0.3, -0.25) is 4.79 Å². The maximum Gasteiger partial charge on any atom is 0.256 e. The summed E-state index contributed by atoms with van der Waals surface area (Å²) in [6, 6.07) is 9.27. The lowest BCUT2D eigenvalue weighted by molar-refractivity contribution is 0.0747. The fourth-order valence-corrected chi connectivity index (χ4v) is 5.25. The van der Waals surface area contributed by atoms with Crippen molar-refractivity contribution in [3.63, 3.8) is 0 Å². The average molecular weight is 492 g/mol. The molecule has 0 saturated carbocycles. The van der Waals surface area contributed by atoms with Crippen LogP contribution in [0.3, 0.4) is 0 Å². The van der Waals surface area contributed by atoms with Crippen molar-refractivity contribution >= 4 is 33.0 Å². The number of hydrogen-bond acceptors (Lipinski definition) is 7. The number of piperazine rings is 1. The van der Waals surface area contributed by atoms with Crippen molar-refractivity contribution in [1.82, 2.24) is 9.62 Å². The summed E-state index contributed by atoms with van der Waals surface area (Å²) in [6.45, 7) is 3.19. The Labute approximate surface area is 199 Å². The Bertz CT molecular complexity index is 1170. The maximum absolute atomic E-state index is 13.9. The molecular weight excluding hydrogens is 461 g/mol. The van der Waals surface area contributed by atoms with Crippen LogP contribution >= 0.6 is 0 Å². The summed E-state index contributed by atoms with van der Waals surface area (Å²) in [5.41, 5.74) is 7.35. The highest BCUT2D eigenvalue weighted by molar-refractivity contribution is 7.89. The predicted octanol–water partition coefficient (Wildman–Crippen LogP) is 1.10. The van der Waals surface area contributed by atoms with Gasteiger partial charge in [-0.15, -0.1) is 0 Å². The third-order valence-electron chi connectivity index (χ3n) is 6.58.